The molecule has 1 aromatic heterocycles. The van der Waals surface area contributed by atoms with E-state index in [2.05, 4.69) is 49.5 Å². The Morgan fingerprint density at radius 2 is 1.71 bits per heavy atom. The lowest BCUT2D eigenvalue weighted by atomic mass is 10.1. The number of aryl methyl sites for hydroxylation is 1. The highest BCUT2D eigenvalue weighted by Gasteiger charge is 2.21. The van der Waals surface area contributed by atoms with Gasteiger partial charge in [-0.05, 0) is 51.5 Å². The second kappa shape index (κ2) is 8.59. The molecule has 0 unspecified atom stereocenters. The van der Waals surface area contributed by atoms with Gasteiger partial charge in [-0.1, -0.05) is 18.2 Å². The van der Waals surface area contributed by atoms with Crippen molar-refractivity contribution in [3.63, 3.8) is 0 Å². The van der Waals surface area contributed by atoms with Crippen molar-refractivity contribution in [1.29, 1.82) is 0 Å². The van der Waals surface area contributed by atoms with Crippen molar-refractivity contribution in [3.05, 3.63) is 47.0 Å². The number of imidazole rings is 1. The van der Waals surface area contributed by atoms with Crippen LogP contribution in [0.4, 0.5) is 0 Å². The van der Waals surface area contributed by atoms with Crippen molar-refractivity contribution in [3.8, 4) is 5.69 Å². The summed E-state index contributed by atoms with van der Waals surface area (Å²) in [5, 5.41) is 3.03. The number of piperazine rings is 1. The SMILES string of the molecule is Cc1ccccc1-n1ccn(CN2CCN(CC(=O)NC(C)(C)C)CC2)c1=S. The van der Waals surface area contributed by atoms with Crippen molar-refractivity contribution < 1.29 is 4.79 Å². The number of nitrogens with zero attached hydrogens (tertiary/aromatic N) is 4. The van der Waals surface area contributed by atoms with Gasteiger partial charge < -0.3 is 9.88 Å². The number of carbonyl (C=O) groups excluding carboxylic acids is 1. The van der Waals surface area contributed by atoms with E-state index in [4.69, 9.17) is 12.2 Å². The summed E-state index contributed by atoms with van der Waals surface area (Å²) in [6.45, 7) is 13.0. The summed E-state index contributed by atoms with van der Waals surface area (Å²) >= 11 is 5.70. The van der Waals surface area contributed by atoms with Gasteiger partial charge in [0.1, 0.15) is 0 Å². The number of aromatic nitrogens is 2. The molecule has 1 amide bonds. The van der Waals surface area contributed by atoms with Gasteiger partial charge in [-0.3, -0.25) is 19.2 Å². The van der Waals surface area contributed by atoms with Crippen molar-refractivity contribution >= 4 is 18.1 Å². The van der Waals surface area contributed by atoms with E-state index in [9.17, 15) is 4.79 Å². The van der Waals surface area contributed by atoms with Crippen LogP contribution in [0.3, 0.4) is 0 Å². The summed E-state index contributed by atoms with van der Waals surface area (Å²) in [5.74, 6) is 0.0958. The van der Waals surface area contributed by atoms with Gasteiger partial charge in [-0.2, -0.15) is 0 Å². The molecule has 1 saturated heterocycles. The minimum atomic E-state index is -0.181. The van der Waals surface area contributed by atoms with Crippen LogP contribution >= 0.6 is 12.2 Å². The van der Waals surface area contributed by atoms with E-state index in [-0.39, 0.29) is 11.4 Å². The van der Waals surface area contributed by atoms with Gasteiger partial charge in [0.15, 0.2) is 4.77 Å². The molecule has 1 aliphatic heterocycles. The van der Waals surface area contributed by atoms with Crippen LogP contribution in [0.25, 0.3) is 5.69 Å². The highest BCUT2D eigenvalue weighted by molar-refractivity contribution is 7.71. The smallest absolute Gasteiger partial charge is 0.234 e. The molecule has 1 fully saturated rings. The third-order valence-corrected chi connectivity index (χ3v) is 5.35. The van der Waals surface area contributed by atoms with Gasteiger partial charge in [-0.15, -0.1) is 0 Å². The summed E-state index contributed by atoms with van der Waals surface area (Å²) in [6.07, 6.45) is 4.09. The van der Waals surface area contributed by atoms with Crippen LogP contribution in [0.15, 0.2) is 36.7 Å². The molecule has 0 aliphatic carbocycles. The van der Waals surface area contributed by atoms with Crippen molar-refractivity contribution in [2.24, 2.45) is 0 Å². The summed E-state index contributed by atoms with van der Waals surface area (Å²) in [5.41, 5.74) is 2.15. The normalized spacial score (nSPS) is 16.3. The third kappa shape index (κ3) is 5.31. The molecule has 0 bridgehead atoms. The molecule has 6 nitrogen and oxygen atoms in total. The van der Waals surface area contributed by atoms with E-state index in [0.29, 0.717) is 6.54 Å². The van der Waals surface area contributed by atoms with E-state index in [1.807, 2.05) is 39.1 Å². The molecule has 1 aliphatic rings. The Bertz CT molecular complexity index is 871. The fraction of sp³-hybridized carbons (Fsp3) is 0.524. The molecule has 0 atom stereocenters. The van der Waals surface area contributed by atoms with Crippen molar-refractivity contribution in [2.75, 3.05) is 32.7 Å². The number of rotatable bonds is 5. The zero-order valence-corrected chi connectivity index (χ0v) is 18.1. The monoisotopic (exact) mass is 401 g/mol. The number of hydrogen-bond acceptors (Lipinski definition) is 4. The minimum absolute atomic E-state index is 0.0958. The Morgan fingerprint density at radius 1 is 1.07 bits per heavy atom. The summed E-state index contributed by atoms with van der Waals surface area (Å²) < 4.78 is 4.99. The van der Waals surface area contributed by atoms with Gasteiger partial charge in [0.2, 0.25) is 5.91 Å². The molecule has 2 heterocycles. The van der Waals surface area contributed by atoms with Crippen LogP contribution < -0.4 is 5.32 Å². The van der Waals surface area contributed by atoms with Gasteiger partial charge in [0, 0.05) is 44.1 Å². The molecule has 7 heteroatoms. The van der Waals surface area contributed by atoms with Crippen molar-refractivity contribution in [1.82, 2.24) is 24.3 Å². The second-order valence-corrected chi connectivity index (χ2v) is 8.91. The maximum absolute atomic E-state index is 12.1. The Labute approximate surface area is 172 Å². The van der Waals surface area contributed by atoms with Crippen LogP contribution in [0.1, 0.15) is 26.3 Å². The Morgan fingerprint density at radius 3 is 2.36 bits per heavy atom. The first-order valence-electron chi connectivity index (χ1n) is 9.82. The molecule has 0 spiro atoms. The van der Waals surface area contributed by atoms with Crippen LogP contribution in [0.5, 0.6) is 0 Å². The summed E-state index contributed by atoms with van der Waals surface area (Å²) in [7, 11) is 0. The van der Waals surface area contributed by atoms with Gasteiger partial charge in [-0.25, -0.2) is 0 Å². The topological polar surface area (TPSA) is 45.4 Å². The van der Waals surface area contributed by atoms with Crippen molar-refractivity contribution in [2.45, 2.75) is 39.9 Å². The zero-order chi connectivity index (χ0) is 20.3. The van der Waals surface area contributed by atoms with Crippen LogP contribution in [-0.4, -0.2) is 63.1 Å². The Hall–Kier alpha value is -1.96. The largest absolute Gasteiger partial charge is 0.350 e. The van der Waals surface area contributed by atoms with Crippen LogP contribution in [0.2, 0.25) is 0 Å². The number of carbonyl (C=O) groups is 1. The number of amides is 1. The van der Waals surface area contributed by atoms with E-state index < -0.39 is 0 Å². The predicted molar refractivity (Wildman–Crippen MR) is 115 cm³/mol. The van der Waals surface area contributed by atoms with Crippen LogP contribution in [-0.2, 0) is 11.5 Å². The molecule has 2 aromatic rings. The Kier molecular flexibility index (Phi) is 6.37. The third-order valence-electron chi connectivity index (χ3n) is 4.92. The first kappa shape index (κ1) is 20.8. The fourth-order valence-corrected chi connectivity index (χ4v) is 3.78. The van der Waals surface area contributed by atoms with Gasteiger partial charge >= 0.3 is 0 Å². The lowest BCUT2D eigenvalue weighted by molar-refractivity contribution is -0.124. The quantitative estimate of drug-likeness (QED) is 0.783. The van der Waals surface area contributed by atoms with E-state index in [1.165, 1.54) is 5.56 Å². The fourth-order valence-electron chi connectivity index (χ4n) is 3.50. The van der Waals surface area contributed by atoms with E-state index in [1.54, 1.807) is 0 Å². The molecule has 28 heavy (non-hydrogen) atoms. The number of nitrogens with one attached hydrogen (secondary N) is 1. The molecule has 152 valence electrons. The molecular formula is C21H31N5OS. The molecule has 3 rings (SSSR count). The molecule has 1 aromatic carbocycles. The molecule has 0 radical (unpaired) electrons. The molecular weight excluding hydrogens is 370 g/mol. The molecule has 0 saturated carbocycles. The minimum Gasteiger partial charge on any atom is -0.350 e. The predicted octanol–water partition coefficient (Wildman–Crippen LogP) is 2.81. The lowest BCUT2D eigenvalue weighted by Crippen LogP contribution is -2.51. The first-order valence-corrected chi connectivity index (χ1v) is 10.2. The average Bonchev–Trinajstić information content (AvgIpc) is 2.96. The number of para-hydroxylation sites is 1. The molecule has 1 N–H and O–H groups in total. The lowest BCUT2D eigenvalue weighted by Gasteiger charge is -2.34. The zero-order valence-electron chi connectivity index (χ0n) is 17.3. The highest BCUT2D eigenvalue weighted by atomic mass is 32.1. The van der Waals surface area contributed by atoms with E-state index in [0.717, 1.165) is 43.3 Å². The summed E-state index contributed by atoms with van der Waals surface area (Å²) in [6, 6.07) is 8.28. The maximum Gasteiger partial charge on any atom is 0.234 e. The van der Waals surface area contributed by atoms with Crippen LogP contribution in [0, 0.1) is 11.7 Å². The standard InChI is InChI=1S/C21H31N5OS/c1-17-7-5-6-8-18(17)26-14-13-25(20(26)28)16-24-11-9-23(10-12-24)15-19(27)22-21(2,3)4/h5-8,13-14H,9-12,15-16H2,1-4H3,(H,22,27). The van der Waals surface area contributed by atoms with E-state index >= 15 is 0 Å². The highest BCUT2D eigenvalue weighted by Crippen LogP contribution is 2.15. The average molecular weight is 402 g/mol. The number of benzene rings is 1. The maximum atomic E-state index is 12.1. The van der Waals surface area contributed by atoms with Gasteiger partial charge in [0.25, 0.3) is 0 Å². The number of hydrogen-bond donors (Lipinski definition) is 1. The Balaban J connectivity index is 1.55. The van der Waals surface area contributed by atoms with Gasteiger partial charge in [0.05, 0.1) is 18.9 Å². The summed E-state index contributed by atoms with van der Waals surface area (Å²) in [4.78, 5) is 16.7. The first-order chi connectivity index (χ1) is 13.2. The second-order valence-electron chi connectivity index (χ2n) is 8.54.